The molecule has 0 radical (unpaired) electrons. The van der Waals surface area contributed by atoms with E-state index in [0.717, 1.165) is 11.4 Å². The molecule has 4 nitrogen and oxygen atoms in total. The molecule has 2 aromatic carbocycles. The van der Waals surface area contributed by atoms with Crippen LogP contribution in [0.5, 0.6) is 11.5 Å². The van der Waals surface area contributed by atoms with Crippen molar-refractivity contribution in [2.45, 2.75) is 6.92 Å². The van der Waals surface area contributed by atoms with E-state index < -0.39 is 0 Å². The summed E-state index contributed by atoms with van der Waals surface area (Å²) in [4.78, 5) is 12.1. The van der Waals surface area contributed by atoms with Gasteiger partial charge in [-0.3, -0.25) is 4.79 Å². The summed E-state index contributed by atoms with van der Waals surface area (Å²) in [7, 11) is 3.19. The molecular weight excluding hydrogens is 278 g/mol. The van der Waals surface area contributed by atoms with E-state index in [-0.39, 0.29) is 5.78 Å². The molecule has 0 saturated carbocycles. The molecule has 0 aliphatic carbocycles. The van der Waals surface area contributed by atoms with Gasteiger partial charge in [-0.05, 0) is 19.1 Å². The summed E-state index contributed by atoms with van der Waals surface area (Å²) in [6.45, 7) is 1.84. The first-order valence-electron chi connectivity index (χ1n) is 6.90. The lowest BCUT2D eigenvalue weighted by Crippen LogP contribution is -2.02. The second kappa shape index (κ2) is 7.31. The maximum Gasteiger partial charge on any atom is 0.187 e. The molecule has 0 unspecified atom stereocenters. The third-order valence-corrected chi connectivity index (χ3v) is 3.15. The van der Waals surface area contributed by atoms with Crippen LogP contribution in [0.3, 0.4) is 0 Å². The zero-order valence-corrected chi connectivity index (χ0v) is 12.9. The van der Waals surface area contributed by atoms with Gasteiger partial charge < -0.3 is 14.8 Å². The lowest BCUT2D eigenvalue weighted by molar-refractivity contribution is 0.104. The summed E-state index contributed by atoms with van der Waals surface area (Å²) < 4.78 is 10.5. The highest BCUT2D eigenvalue weighted by Gasteiger charge is 2.07. The molecule has 0 atom stereocenters. The molecule has 2 rings (SSSR count). The third kappa shape index (κ3) is 3.88. The highest BCUT2D eigenvalue weighted by atomic mass is 16.5. The maximum absolute atomic E-state index is 12.1. The van der Waals surface area contributed by atoms with Gasteiger partial charge in [-0.2, -0.15) is 0 Å². The number of ether oxygens (including phenoxy) is 2. The van der Waals surface area contributed by atoms with Crippen molar-refractivity contribution in [2.24, 2.45) is 0 Å². The second-order valence-corrected chi connectivity index (χ2v) is 4.75. The van der Waals surface area contributed by atoms with Gasteiger partial charge in [-0.15, -0.1) is 0 Å². The Balaban J connectivity index is 2.16. The van der Waals surface area contributed by atoms with E-state index in [1.54, 1.807) is 38.5 Å². The molecule has 0 fully saturated rings. The predicted octanol–water partition coefficient (Wildman–Crippen LogP) is 3.90. The molecule has 4 heteroatoms. The smallest absolute Gasteiger partial charge is 0.187 e. The number of nitrogens with one attached hydrogen (secondary N) is 1. The lowest BCUT2D eigenvalue weighted by Gasteiger charge is -2.12. The van der Waals surface area contributed by atoms with Crippen LogP contribution in [0.2, 0.25) is 0 Å². The number of hydrogen-bond acceptors (Lipinski definition) is 4. The first-order chi connectivity index (χ1) is 10.6. The molecule has 0 aliphatic rings. The number of allylic oxidation sites excluding steroid dienone is 2. The lowest BCUT2D eigenvalue weighted by atomic mass is 10.1. The minimum atomic E-state index is -0.0434. The van der Waals surface area contributed by atoms with Gasteiger partial charge in [0, 0.05) is 23.4 Å². The quantitative estimate of drug-likeness (QED) is 0.649. The molecule has 0 bridgehead atoms. The number of carbonyl (C=O) groups excluding carboxylic acids is 1. The van der Waals surface area contributed by atoms with Gasteiger partial charge in [-0.1, -0.05) is 30.3 Å². The van der Waals surface area contributed by atoms with Gasteiger partial charge in [0.1, 0.15) is 11.5 Å². The largest absolute Gasteiger partial charge is 0.497 e. The molecular formula is C18H19NO3. The van der Waals surface area contributed by atoms with Crippen LogP contribution in [0.1, 0.15) is 17.3 Å². The summed E-state index contributed by atoms with van der Waals surface area (Å²) in [5.74, 6) is 1.32. The minimum Gasteiger partial charge on any atom is -0.497 e. The molecule has 2 aromatic rings. The molecule has 0 aromatic heterocycles. The fourth-order valence-corrected chi connectivity index (χ4v) is 2.03. The fraction of sp³-hybridized carbons (Fsp3) is 0.167. The summed E-state index contributed by atoms with van der Waals surface area (Å²) in [6, 6.07) is 14.6. The van der Waals surface area contributed by atoms with E-state index in [9.17, 15) is 4.79 Å². The van der Waals surface area contributed by atoms with E-state index in [1.165, 1.54) is 0 Å². The zero-order chi connectivity index (χ0) is 15.9. The van der Waals surface area contributed by atoms with Crippen molar-refractivity contribution < 1.29 is 14.3 Å². The Hall–Kier alpha value is -2.75. The number of ketones is 1. The molecule has 1 N–H and O–H groups in total. The first-order valence-corrected chi connectivity index (χ1v) is 6.90. The number of rotatable bonds is 6. The number of carbonyl (C=O) groups is 1. The average Bonchev–Trinajstić information content (AvgIpc) is 2.55. The van der Waals surface area contributed by atoms with Crippen molar-refractivity contribution in [3.8, 4) is 11.5 Å². The van der Waals surface area contributed by atoms with Crippen molar-refractivity contribution >= 4 is 11.5 Å². The standard InChI is InChI=1S/C18H19NO3/c1-13(11-17(20)14-7-5-4-6-8-14)19-16-10-9-15(21-2)12-18(16)22-3/h4-12,19H,1-3H3/b13-11-. The summed E-state index contributed by atoms with van der Waals surface area (Å²) in [6.07, 6.45) is 1.57. The van der Waals surface area contributed by atoms with Crippen molar-refractivity contribution in [1.29, 1.82) is 0 Å². The van der Waals surface area contributed by atoms with Crippen LogP contribution < -0.4 is 14.8 Å². The van der Waals surface area contributed by atoms with E-state index in [0.29, 0.717) is 17.1 Å². The van der Waals surface area contributed by atoms with Gasteiger partial charge in [0.15, 0.2) is 5.78 Å². The fourth-order valence-electron chi connectivity index (χ4n) is 2.03. The van der Waals surface area contributed by atoms with Gasteiger partial charge >= 0.3 is 0 Å². The topological polar surface area (TPSA) is 47.6 Å². The molecule has 114 valence electrons. The number of hydrogen-bond donors (Lipinski definition) is 1. The van der Waals surface area contributed by atoms with E-state index in [2.05, 4.69) is 5.32 Å². The van der Waals surface area contributed by atoms with Gasteiger partial charge in [0.2, 0.25) is 0 Å². The molecule has 22 heavy (non-hydrogen) atoms. The van der Waals surface area contributed by atoms with Crippen LogP contribution in [-0.2, 0) is 0 Å². The monoisotopic (exact) mass is 297 g/mol. The van der Waals surface area contributed by atoms with Crippen molar-refractivity contribution in [3.63, 3.8) is 0 Å². The summed E-state index contributed by atoms with van der Waals surface area (Å²) in [5, 5.41) is 3.17. The average molecular weight is 297 g/mol. The van der Waals surface area contributed by atoms with Crippen molar-refractivity contribution in [2.75, 3.05) is 19.5 Å². The summed E-state index contributed by atoms with van der Waals surface area (Å²) >= 11 is 0. The Kier molecular flexibility index (Phi) is 5.20. The Morgan fingerprint density at radius 2 is 1.77 bits per heavy atom. The molecule has 0 amide bonds. The molecule has 0 heterocycles. The Labute approximate surface area is 130 Å². The van der Waals surface area contributed by atoms with Gasteiger partial charge in [0.05, 0.1) is 19.9 Å². The van der Waals surface area contributed by atoms with Crippen LogP contribution in [0.4, 0.5) is 5.69 Å². The van der Waals surface area contributed by atoms with Gasteiger partial charge in [0.25, 0.3) is 0 Å². The highest BCUT2D eigenvalue weighted by molar-refractivity contribution is 6.05. The van der Waals surface area contributed by atoms with E-state index in [1.807, 2.05) is 37.3 Å². The minimum absolute atomic E-state index is 0.0434. The third-order valence-electron chi connectivity index (χ3n) is 3.15. The number of anilines is 1. The van der Waals surface area contributed by atoms with E-state index in [4.69, 9.17) is 9.47 Å². The van der Waals surface area contributed by atoms with Crippen LogP contribution >= 0.6 is 0 Å². The van der Waals surface area contributed by atoms with Crippen LogP contribution in [-0.4, -0.2) is 20.0 Å². The highest BCUT2D eigenvalue weighted by Crippen LogP contribution is 2.29. The summed E-state index contributed by atoms with van der Waals surface area (Å²) in [5.41, 5.74) is 2.17. The van der Waals surface area contributed by atoms with Crippen molar-refractivity contribution in [3.05, 3.63) is 65.9 Å². The Morgan fingerprint density at radius 3 is 2.41 bits per heavy atom. The van der Waals surface area contributed by atoms with Crippen molar-refractivity contribution in [1.82, 2.24) is 0 Å². The Bertz CT molecular complexity index is 678. The van der Waals surface area contributed by atoms with Crippen LogP contribution in [0.15, 0.2) is 60.3 Å². The predicted molar refractivity (Wildman–Crippen MR) is 87.7 cm³/mol. The normalized spacial score (nSPS) is 11.0. The molecule has 0 spiro atoms. The maximum atomic E-state index is 12.1. The number of methoxy groups -OCH3 is 2. The van der Waals surface area contributed by atoms with E-state index >= 15 is 0 Å². The molecule has 0 aliphatic heterocycles. The van der Waals surface area contributed by atoms with Crippen LogP contribution in [0.25, 0.3) is 0 Å². The SMILES string of the molecule is COc1ccc(N/C(C)=C\C(=O)c2ccccc2)c(OC)c1. The van der Waals surface area contributed by atoms with Gasteiger partial charge in [-0.25, -0.2) is 0 Å². The first kappa shape index (κ1) is 15.6. The second-order valence-electron chi connectivity index (χ2n) is 4.75. The Morgan fingerprint density at radius 1 is 1.05 bits per heavy atom. The van der Waals surface area contributed by atoms with Crippen LogP contribution in [0, 0.1) is 0 Å². The molecule has 0 saturated heterocycles. The zero-order valence-electron chi connectivity index (χ0n) is 12.9. The number of benzene rings is 2.